The Morgan fingerprint density at radius 1 is 0.978 bits per heavy atom. The predicted molar refractivity (Wildman–Crippen MR) is 175 cm³/mol. The van der Waals surface area contributed by atoms with Gasteiger partial charge in [-0.15, -0.1) is 0 Å². The molecule has 0 unspecified atom stereocenters. The highest BCUT2D eigenvalue weighted by atomic mass is 16.6. The number of nitriles is 1. The van der Waals surface area contributed by atoms with Crippen LogP contribution in [0.3, 0.4) is 0 Å². The van der Waals surface area contributed by atoms with Crippen LogP contribution >= 0.6 is 0 Å². The van der Waals surface area contributed by atoms with Gasteiger partial charge in [-0.2, -0.15) is 5.26 Å². The van der Waals surface area contributed by atoms with Crippen molar-refractivity contribution in [3.05, 3.63) is 83.9 Å². The van der Waals surface area contributed by atoms with Gasteiger partial charge in [0.05, 0.1) is 11.3 Å². The number of carbonyl (C=O) groups is 4. The molecule has 236 valence electrons. The largest absolute Gasteiger partial charge is 0.431 e. The van der Waals surface area contributed by atoms with Crippen molar-refractivity contribution >= 4 is 46.1 Å². The number of hydrogen-bond acceptors (Lipinski definition) is 6. The third kappa shape index (κ3) is 7.18. The zero-order valence-electron chi connectivity index (χ0n) is 26.1. The predicted octanol–water partition coefficient (Wildman–Crippen LogP) is 5.86. The van der Waals surface area contributed by atoms with Gasteiger partial charge in [-0.1, -0.05) is 42.5 Å². The van der Waals surface area contributed by atoms with Gasteiger partial charge in [-0.3, -0.25) is 14.4 Å². The Bertz CT molecular complexity index is 1820. The maximum atomic E-state index is 13.9. The van der Waals surface area contributed by atoms with E-state index in [2.05, 4.69) is 27.0 Å². The Morgan fingerprint density at radius 3 is 2.33 bits per heavy atom. The molecule has 46 heavy (non-hydrogen) atoms. The Balaban J connectivity index is 1.36. The minimum atomic E-state index is -1.22. The van der Waals surface area contributed by atoms with E-state index in [1.165, 1.54) is 11.8 Å². The summed E-state index contributed by atoms with van der Waals surface area (Å²) in [7, 11) is 0. The van der Waals surface area contributed by atoms with Gasteiger partial charge in [-0.05, 0) is 69.5 Å². The van der Waals surface area contributed by atoms with Gasteiger partial charge in [0, 0.05) is 46.8 Å². The van der Waals surface area contributed by atoms with Crippen LogP contribution in [0.5, 0.6) is 0 Å². The number of ether oxygens (including phenoxy) is 1. The number of amides is 4. The van der Waals surface area contributed by atoms with Crippen molar-refractivity contribution in [1.29, 1.82) is 5.26 Å². The lowest BCUT2D eigenvalue weighted by Gasteiger charge is -2.29. The first kappa shape index (κ1) is 31.8. The maximum absolute atomic E-state index is 13.9. The summed E-state index contributed by atoms with van der Waals surface area (Å²) in [5, 5.41) is 19.1. The molecule has 0 spiro atoms. The number of alkyl carbamates (subject to hydrolysis) is 1. The topological polar surface area (TPSA) is 156 Å². The van der Waals surface area contributed by atoms with E-state index in [0.29, 0.717) is 58.5 Å². The quantitative estimate of drug-likeness (QED) is 0.203. The SMILES string of the molecule is CC(=O)Nc1ccc(-c2[nH]c3ccc(NC(=O)[C@@H]4CCCN4C(=O)[C@H](OC(=O)NC(C)(C)C)c4ccccc4)cc3c2C#N)cc1. The summed E-state index contributed by atoms with van der Waals surface area (Å²) in [6, 6.07) is 22.6. The van der Waals surface area contributed by atoms with Crippen molar-refractivity contribution in [2.24, 2.45) is 0 Å². The molecule has 4 amide bonds. The van der Waals surface area contributed by atoms with Crippen LogP contribution in [0.4, 0.5) is 16.2 Å². The van der Waals surface area contributed by atoms with Crippen LogP contribution in [-0.4, -0.2) is 51.8 Å². The molecular weight excluding hydrogens is 584 g/mol. The summed E-state index contributed by atoms with van der Waals surface area (Å²) in [6.07, 6.45) is -0.899. The number of nitrogens with one attached hydrogen (secondary N) is 4. The highest BCUT2D eigenvalue weighted by Crippen LogP contribution is 2.33. The van der Waals surface area contributed by atoms with Gasteiger partial charge in [0.25, 0.3) is 5.91 Å². The van der Waals surface area contributed by atoms with E-state index in [1.54, 1.807) is 60.7 Å². The number of anilines is 2. The fourth-order valence-electron chi connectivity index (χ4n) is 5.54. The number of nitrogens with zero attached hydrogens (tertiary/aromatic N) is 2. The summed E-state index contributed by atoms with van der Waals surface area (Å²) < 4.78 is 5.64. The molecule has 1 saturated heterocycles. The van der Waals surface area contributed by atoms with Crippen LogP contribution in [0, 0.1) is 11.3 Å². The number of rotatable bonds is 7. The molecule has 11 nitrogen and oxygen atoms in total. The van der Waals surface area contributed by atoms with Gasteiger partial charge in [0.1, 0.15) is 12.1 Å². The second kappa shape index (κ2) is 13.2. The van der Waals surface area contributed by atoms with E-state index in [4.69, 9.17) is 4.74 Å². The van der Waals surface area contributed by atoms with Gasteiger partial charge in [-0.25, -0.2) is 4.79 Å². The van der Waals surface area contributed by atoms with Crippen molar-refractivity contribution in [2.75, 3.05) is 17.2 Å². The fourth-order valence-corrected chi connectivity index (χ4v) is 5.54. The van der Waals surface area contributed by atoms with E-state index in [0.717, 1.165) is 5.56 Å². The zero-order chi connectivity index (χ0) is 33.0. The molecule has 0 saturated carbocycles. The van der Waals surface area contributed by atoms with Gasteiger partial charge in [0.15, 0.2) is 0 Å². The summed E-state index contributed by atoms with van der Waals surface area (Å²) in [5.41, 5.74) is 3.56. The van der Waals surface area contributed by atoms with Crippen LogP contribution in [0.1, 0.15) is 57.8 Å². The average molecular weight is 621 g/mol. The molecule has 4 aromatic rings. The number of likely N-dealkylation sites (tertiary alicyclic amines) is 1. The highest BCUT2D eigenvalue weighted by molar-refractivity contribution is 6.01. The van der Waals surface area contributed by atoms with Crippen LogP contribution in [0.15, 0.2) is 72.8 Å². The minimum absolute atomic E-state index is 0.177. The molecule has 4 N–H and O–H groups in total. The number of carbonyl (C=O) groups excluding carboxylic acids is 4. The Morgan fingerprint density at radius 2 is 1.67 bits per heavy atom. The van der Waals surface area contributed by atoms with Crippen LogP contribution in [0.25, 0.3) is 22.2 Å². The molecule has 1 aromatic heterocycles. The van der Waals surface area contributed by atoms with E-state index >= 15 is 0 Å². The summed E-state index contributed by atoms with van der Waals surface area (Å²) in [4.78, 5) is 56.3. The van der Waals surface area contributed by atoms with Gasteiger partial charge >= 0.3 is 6.09 Å². The minimum Gasteiger partial charge on any atom is -0.431 e. The lowest BCUT2D eigenvalue weighted by atomic mass is 10.1. The van der Waals surface area contributed by atoms with Crippen LogP contribution in [-0.2, 0) is 19.1 Å². The summed E-state index contributed by atoms with van der Waals surface area (Å²) >= 11 is 0. The van der Waals surface area contributed by atoms with E-state index < -0.39 is 29.7 Å². The first-order valence-corrected chi connectivity index (χ1v) is 15.0. The number of benzene rings is 3. The third-order valence-electron chi connectivity index (χ3n) is 7.54. The molecule has 5 rings (SSSR count). The second-order valence-electron chi connectivity index (χ2n) is 12.3. The van der Waals surface area contributed by atoms with Crippen LogP contribution in [0.2, 0.25) is 0 Å². The highest BCUT2D eigenvalue weighted by Gasteiger charge is 2.39. The van der Waals surface area contributed by atoms with Crippen molar-refractivity contribution in [3.8, 4) is 17.3 Å². The first-order chi connectivity index (χ1) is 21.9. The molecule has 0 bridgehead atoms. The van der Waals surface area contributed by atoms with E-state index in [-0.39, 0.29) is 11.8 Å². The number of hydrogen-bond donors (Lipinski definition) is 4. The van der Waals surface area contributed by atoms with Gasteiger partial charge < -0.3 is 30.6 Å². The zero-order valence-corrected chi connectivity index (χ0v) is 26.1. The van der Waals surface area contributed by atoms with Crippen molar-refractivity contribution in [3.63, 3.8) is 0 Å². The number of aromatic nitrogens is 1. The molecule has 0 radical (unpaired) electrons. The molecule has 1 aliphatic heterocycles. The molecule has 1 fully saturated rings. The smallest absolute Gasteiger partial charge is 0.408 e. The standard InChI is InChI=1S/C35H36N6O5/c1-21(42)37-24-14-12-22(13-15-24)30-27(20-36)26-19-25(16-17-28(26)39-30)38-32(43)29-11-8-18-41(29)33(44)31(23-9-6-5-7-10-23)46-34(45)40-35(2,3)4/h5-7,9-10,12-17,19,29,31,39H,8,11,18H2,1-4H3,(H,37,42)(H,38,43)(H,40,45)/t29-,31+/m0/s1. The fraction of sp³-hybridized carbons (Fsp3) is 0.286. The number of fused-ring (bicyclic) bond motifs is 1. The summed E-state index contributed by atoms with van der Waals surface area (Å²) in [5.74, 6) is -1.03. The van der Waals surface area contributed by atoms with E-state index in [1.807, 2.05) is 32.9 Å². The molecule has 2 atom stereocenters. The van der Waals surface area contributed by atoms with Crippen molar-refractivity contribution in [2.45, 2.75) is 58.2 Å². The van der Waals surface area contributed by atoms with E-state index in [9.17, 15) is 24.4 Å². The van der Waals surface area contributed by atoms with Crippen LogP contribution < -0.4 is 16.0 Å². The lowest BCUT2D eigenvalue weighted by molar-refractivity contribution is -0.144. The van der Waals surface area contributed by atoms with Crippen molar-refractivity contribution in [1.82, 2.24) is 15.2 Å². The monoisotopic (exact) mass is 620 g/mol. The maximum Gasteiger partial charge on any atom is 0.408 e. The lowest BCUT2D eigenvalue weighted by Crippen LogP contribution is -2.47. The molecule has 0 aliphatic carbocycles. The molecule has 1 aliphatic rings. The summed E-state index contributed by atoms with van der Waals surface area (Å²) in [6.45, 7) is 7.21. The third-order valence-corrected chi connectivity index (χ3v) is 7.54. The van der Waals surface area contributed by atoms with Crippen molar-refractivity contribution < 1.29 is 23.9 Å². The molecule has 11 heteroatoms. The molecule has 3 aromatic carbocycles. The first-order valence-electron chi connectivity index (χ1n) is 15.0. The Labute approximate surface area is 266 Å². The molecule has 2 heterocycles. The Kier molecular flexibility index (Phi) is 9.09. The normalized spacial score (nSPS) is 15.1. The van der Waals surface area contributed by atoms with Gasteiger partial charge in [0.2, 0.25) is 17.9 Å². The average Bonchev–Trinajstić information content (AvgIpc) is 3.64. The molecular formula is C35H36N6O5. The Hall–Kier alpha value is -5.63. The number of H-pyrrole nitrogens is 1. The second-order valence-corrected chi connectivity index (χ2v) is 12.3. The number of aromatic amines is 1.